The number of nitrogens with zero attached hydrogens (tertiary/aromatic N) is 5. The lowest BCUT2D eigenvalue weighted by Crippen LogP contribution is -2.32. The van der Waals surface area contributed by atoms with E-state index in [4.69, 9.17) is 15.5 Å². The number of hydrogen-bond donors (Lipinski definition) is 1. The largest absolute Gasteiger partial charge is 0.462 e. The number of halogens is 1. The molecule has 0 aliphatic carbocycles. The van der Waals surface area contributed by atoms with E-state index in [1.54, 1.807) is 23.7 Å². The number of nitrogens with two attached hydrogens (primary N) is 1. The molecule has 1 saturated heterocycles. The monoisotopic (exact) mass is 440 g/mol. The first-order valence-corrected chi connectivity index (χ1v) is 11.0. The van der Waals surface area contributed by atoms with Gasteiger partial charge in [-0.1, -0.05) is 0 Å². The molecule has 2 N–H and O–H groups in total. The van der Waals surface area contributed by atoms with Crippen molar-refractivity contribution in [3.8, 4) is 0 Å². The van der Waals surface area contributed by atoms with Crippen molar-refractivity contribution in [3.05, 3.63) is 53.4 Å². The quantitative estimate of drug-likeness (QED) is 0.562. The van der Waals surface area contributed by atoms with Crippen molar-refractivity contribution < 1.29 is 13.9 Å². The topological polar surface area (TPSA) is 98.6 Å². The third-order valence-corrected chi connectivity index (χ3v) is 5.73. The second kappa shape index (κ2) is 8.82. The normalized spacial score (nSPS) is 16.7. The Morgan fingerprint density at radius 1 is 1.38 bits per heavy atom. The van der Waals surface area contributed by atoms with E-state index in [9.17, 15) is 9.18 Å². The SMILES string of the molecule is CCOC(=O)c1cnn2ccc(N3CCCC3c3cc(F)cnc3CCC(C)(C)N)nc12. The molecule has 3 aromatic heterocycles. The summed E-state index contributed by atoms with van der Waals surface area (Å²) in [5.74, 6) is -0.0991. The van der Waals surface area contributed by atoms with Crippen molar-refractivity contribution >= 4 is 17.4 Å². The summed E-state index contributed by atoms with van der Waals surface area (Å²) >= 11 is 0. The molecular weight excluding hydrogens is 411 g/mol. The molecule has 1 unspecified atom stereocenters. The number of rotatable bonds is 7. The number of esters is 1. The maximum atomic E-state index is 14.2. The summed E-state index contributed by atoms with van der Waals surface area (Å²) < 4.78 is 20.9. The van der Waals surface area contributed by atoms with Crippen molar-refractivity contribution in [2.75, 3.05) is 18.1 Å². The van der Waals surface area contributed by atoms with Crippen molar-refractivity contribution in [2.45, 2.75) is 58.0 Å². The average Bonchev–Trinajstić information content (AvgIpc) is 3.39. The van der Waals surface area contributed by atoms with Crippen LogP contribution in [0.1, 0.15) is 67.7 Å². The van der Waals surface area contributed by atoms with Crippen molar-refractivity contribution in [2.24, 2.45) is 5.73 Å². The van der Waals surface area contributed by atoms with E-state index in [1.165, 1.54) is 12.4 Å². The Hall–Kier alpha value is -3.07. The Morgan fingerprint density at radius 2 is 2.19 bits per heavy atom. The molecule has 0 saturated carbocycles. The summed E-state index contributed by atoms with van der Waals surface area (Å²) in [7, 11) is 0. The number of aryl methyl sites for hydroxylation is 1. The molecule has 0 aromatic carbocycles. The zero-order valence-electron chi connectivity index (χ0n) is 18.7. The van der Waals surface area contributed by atoms with E-state index in [0.717, 1.165) is 37.1 Å². The van der Waals surface area contributed by atoms with Crippen LogP contribution in [0.15, 0.2) is 30.7 Å². The maximum Gasteiger partial charge on any atom is 0.343 e. The number of carbonyl (C=O) groups is 1. The third-order valence-electron chi connectivity index (χ3n) is 5.73. The summed E-state index contributed by atoms with van der Waals surface area (Å²) in [6, 6.07) is 3.39. The van der Waals surface area contributed by atoms with E-state index in [2.05, 4.69) is 15.0 Å². The van der Waals surface area contributed by atoms with Crippen LogP contribution >= 0.6 is 0 Å². The molecule has 0 amide bonds. The van der Waals surface area contributed by atoms with Crippen LogP contribution in [0.4, 0.5) is 10.2 Å². The molecule has 4 heterocycles. The predicted molar refractivity (Wildman–Crippen MR) is 119 cm³/mol. The van der Waals surface area contributed by atoms with Crippen molar-refractivity contribution in [3.63, 3.8) is 0 Å². The highest BCUT2D eigenvalue weighted by molar-refractivity contribution is 5.95. The number of pyridine rings is 1. The van der Waals surface area contributed by atoms with Crippen LogP contribution in [0.2, 0.25) is 0 Å². The highest BCUT2D eigenvalue weighted by atomic mass is 19.1. The number of carbonyl (C=O) groups excluding carboxylic acids is 1. The molecule has 0 bridgehead atoms. The smallest absolute Gasteiger partial charge is 0.343 e. The maximum absolute atomic E-state index is 14.2. The highest BCUT2D eigenvalue weighted by Crippen LogP contribution is 2.37. The van der Waals surface area contributed by atoms with Gasteiger partial charge in [-0.3, -0.25) is 4.98 Å². The van der Waals surface area contributed by atoms with Gasteiger partial charge in [0.2, 0.25) is 0 Å². The Morgan fingerprint density at radius 3 is 2.94 bits per heavy atom. The lowest BCUT2D eigenvalue weighted by atomic mass is 9.94. The van der Waals surface area contributed by atoms with E-state index in [0.29, 0.717) is 23.4 Å². The second-order valence-corrected chi connectivity index (χ2v) is 8.86. The van der Waals surface area contributed by atoms with Crippen LogP contribution in [0.3, 0.4) is 0 Å². The minimum absolute atomic E-state index is 0.0574. The molecule has 1 aliphatic rings. The van der Waals surface area contributed by atoms with E-state index in [1.807, 2.05) is 19.9 Å². The van der Waals surface area contributed by atoms with Gasteiger partial charge in [-0.15, -0.1) is 0 Å². The molecule has 170 valence electrons. The molecule has 1 fully saturated rings. The first-order chi connectivity index (χ1) is 15.3. The fraction of sp³-hybridized carbons (Fsp3) is 0.478. The van der Waals surface area contributed by atoms with Crippen molar-refractivity contribution in [1.29, 1.82) is 0 Å². The summed E-state index contributed by atoms with van der Waals surface area (Å²) in [4.78, 5) is 23.6. The van der Waals surface area contributed by atoms with E-state index >= 15 is 0 Å². The lowest BCUT2D eigenvalue weighted by Gasteiger charge is -2.28. The molecule has 1 aliphatic heterocycles. The molecule has 3 aromatic rings. The van der Waals surface area contributed by atoms with Gasteiger partial charge in [0.25, 0.3) is 0 Å². The van der Waals surface area contributed by atoms with Gasteiger partial charge < -0.3 is 15.4 Å². The van der Waals surface area contributed by atoms with Crippen molar-refractivity contribution in [1.82, 2.24) is 19.6 Å². The van der Waals surface area contributed by atoms with E-state index < -0.39 is 5.97 Å². The first-order valence-electron chi connectivity index (χ1n) is 11.0. The molecule has 0 radical (unpaired) electrons. The fourth-order valence-corrected chi connectivity index (χ4v) is 4.16. The van der Waals surface area contributed by atoms with Gasteiger partial charge in [0.15, 0.2) is 5.65 Å². The second-order valence-electron chi connectivity index (χ2n) is 8.86. The summed E-state index contributed by atoms with van der Waals surface area (Å²) in [6.07, 6.45) is 7.73. The summed E-state index contributed by atoms with van der Waals surface area (Å²) in [5.41, 5.74) is 8.33. The Bertz CT molecular complexity index is 1120. The molecule has 4 rings (SSSR count). The fourth-order valence-electron chi connectivity index (χ4n) is 4.16. The van der Waals surface area contributed by atoms with Gasteiger partial charge in [-0.2, -0.15) is 5.10 Å². The zero-order valence-corrected chi connectivity index (χ0v) is 18.7. The van der Waals surface area contributed by atoms with Crippen LogP contribution in [0, 0.1) is 5.82 Å². The molecular formula is C23H29FN6O2. The average molecular weight is 441 g/mol. The van der Waals surface area contributed by atoms with Crippen LogP contribution in [0.5, 0.6) is 0 Å². The number of anilines is 1. The summed E-state index contributed by atoms with van der Waals surface area (Å²) in [6.45, 7) is 6.76. The number of aromatic nitrogens is 4. The number of hydrogen-bond acceptors (Lipinski definition) is 7. The first kappa shape index (κ1) is 22.1. The van der Waals surface area contributed by atoms with Crippen LogP contribution in [-0.2, 0) is 11.2 Å². The van der Waals surface area contributed by atoms with Gasteiger partial charge in [-0.05, 0) is 64.2 Å². The van der Waals surface area contributed by atoms with E-state index in [-0.39, 0.29) is 24.0 Å². The van der Waals surface area contributed by atoms with Crippen LogP contribution in [-0.4, -0.2) is 44.2 Å². The third kappa shape index (κ3) is 4.57. The highest BCUT2D eigenvalue weighted by Gasteiger charge is 2.31. The van der Waals surface area contributed by atoms with Gasteiger partial charge in [0.05, 0.1) is 25.0 Å². The van der Waals surface area contributed by atoms with Gasteiger partial charge in [-0.25, -0.2) is 18.7 Å². The standard InChI is InChI=1S/C23H29FN6O2/c1-4-32-22(31)17-14-27-30-11-8-20(28-21(17)30)29-10-5-6-19(29)16-12-15(24)13-26-18(16)7-9-23(2,3)25/h8,11-14,19H,4-7,9-10,25H2,1-3H3. The molecule has 8 nitrogen and oxygen atoms in total. The Labute approximate surface area is 186 Å². The van der Waals surface area contributed by atoms with Gasteiger partial charge in [0.1, 0.15) is 17.2 Å². The van der Waals surface area contributed by atoms with Gasteiger partial charge >= 0.3 is 5.97 Å². The predicted octanol–water partition coefficient (Wildman–Crippen LogP) is 3.45. The summed E-state index contributed by atoms with van der Waals surface area (Å²) in [5, 5.41) is 4.20. The minimum Gasteiger partial charge on any atom is -0.462 e. The van der Waals surface area contributed by atoms with Gasteiger partial charge in [0, 0.05) is 24.0 Å². The van der Waals surface area contributed by atoms with Crippen LogP contribution in [0.25, 0.3) is 5.65 Å². The molecule has 9 heteroatoms. The molecule has 1 atom stereocenters. The lowest BCUT2D eigenvalue weighted by molar-refractivity contribution is 0.0528. The minimum atomic E-state index is -0.453. The Balaban J connectivity index is 1.69. The number of fused-ring (bicyclic) bond motifs is 1. The zero-order chi connectivity index (χ0) is 22.9. The Kier molecular flexibility index (Phi) is 6.10. The molecule has 32 heavy (non-hydrogen) atoms. The number of ether oxygens (including phenoxy) is 1. The van der Waals surface area contributed by atoms with Crippen LogP contribution < -0.4 is 10.6 Å². The molecule has 0 spiro atoms.